The molecule has 0 aliphatic rings. The van der Waals surface area contributed by atoms with Crippen molar-refractivity contribution in [3.8, 4) is 0 Å². The second-order valence-electron chi connectivity index (χ2n) is 3.08. The quantitative estimate of drug-likeness (QED) is 0.868. The molecule has 0 fully saturated rings. The Kier molecular flexibility index (Phi) is 4.95. The summed E-state index contributed by atoms with van der Waals surface area (Å²) in [5, 5.41) is 0. The van der Waals surface area contributed by atoms with E-state index in [-0.39, 0.29) is 28.9 Å². The van der Waals surface area contributed by atoms with Crippen LogP contribution in [0.15, 0.2) is 10.5 Å². The molecule has 0 spiro atoms. The Balaban J connectivity index is 3.31. The molecule has 1 aromatic heterocycles. The number of nitrogens with zero attached hydrogens (tertiary/aromatic N) is 1. The van der Waals surface area contributed by atoms with Gasteiger partial charge in [0.25, 0.3) is 6.43 Å². The van der Waals surface area contributed by atoms with E-state index < -0.39 is 18.1 Å². The lowest BCUT2D eigenvalue weighted by molar-refractivity contribution is 0.0512. The van der Waals surface area contributed by atoms with Crippen molar-refractivity contribution in [1.29, 1.82) is 0 Å². The molecular weight excluding hydrogens is 298 g/mol. The van der Waals surface area contributed by atoms with Crippen molar-refractivity contribution in [3.05, 3.63) is 27.5 Å². The van der Waals surface area contributed by atoms with E-state index >= 15 is 0 Å². The highest BCUT2D eigenvalue weighted by atomic mass is 79.9. The highest BCUT2D eigenvalue weighted by Crippen LogP contribution is 2.28. The third-order valence-corrected chi connectivity index (χ3v) is 2.57. The Morgan fingerprint density at radius 2 is 2.29 bits per heavy atom. The molecule has 1 heterocycles. The maximum absolute atomic E-state index is 12.8. The van der Waals surface area contributed by atoms with E-state index in [1.54, 1.807) is 6.92 Å². The molecule has 0 aliphatic carbocycles. The summed E-state index contributed by atoms with van der Waals surface area (Å²) in [5.41, 5.74) is 4.74. The van der Waals surface area contributed by atoms with Crippen molar-refractivity contribution in [2.75, 3.05) is 6.61 Å². The number of hydrogen-bond acceptors (Lipinski definition) is 4. The standard InChI is InChI=1S/C10H11BrF2N2O2/c1-2-17-10(16)7-6(11)3-5(4-14)15-8(7)9(12)13/h3,9H,2,4,14H2,1H3. The lowest BCUT2D eigenvalue weighted by atomic mass is 10.1. The highest BCUT2D eigenvalue weighted by Gasteiger charge is 2.24. The number of hydrogen-bond donors (Lipinski definition) is 1. The summed E-state index contributed by atoms with van der Waals surface area (Å²) in [6, 6.07) is 1.43. The van der Waals surface area contributed by atoms with E-state index in [0.717, 1.165) is 0 Å². The predicted octanol–water partition coefficient (Wildman–Crippen LogP) is 2.42. The molecule has 4 nitrogen and oxygen atoms in total. The van der Waals surface area contributed by atoms with E-state index in [0.29, 0.717) is 0 Å². The zero-order valence-corrected chi connectivity index (χ0v) is 10.6. The lowest BCUT2D eigenvalue weighted by Crippen LogP contribution is -2.13. The van der Waals surface area contributed by atoms with Crippen LogP contribution in [-0.2, 0) is 11.3 Å². The van der Waals surface area contributed by atoms with Crippen LogP contribution in [-0.4, -0.2) is 17.6 Å². The number of esters is 1. The van der Waals surface area contributed by atoms with Crippen molar-refractivity contribution in [1.82, 2.24) is 4.98 Å². The van der Waals surface area contributed by atoms with Crippen molar-refractivity contribution >= 4 is 21.9 Å². The number of carbonyl (C=O) groups is 1. The summed E-state index contributed by atoms with van der Waals surface area (Å²) in [7, 11) is 0. The van der Waals surface area contributed by atoms with Gasteiger partial charge in [-0.2, -0.15) is 0 Å². The summed E-state index contributed by atoms with van der Waals surface area (Å²) in [6.07, 6.45) is -2.86. The fourth-order valence-electron chi connectivity index (χ4n) is 1.25. The van der Waals surface area contributed by atoms with E-state index in [2.05, 4.69) is 20.9 Å². The van der Waals surface area contributed by atoms with Crippen LogP contribution in [0.4, 0.5) is 8.78 Å². The van der Waals surface area contributed by atoms with Crippen molar-refractivity contribution < 1.29 is 18.3 Å². The second kappa shape index (κ2) is 6.02. The number of pyridine rings is 1. The summed E-state index contributed by atoms with van der Waals surface area (Å²) in [6.45, 7) is 1.71. The van der Waals surface area contributed by atoms with Crippen LogP contribution < -0.4 is 5.73 Å². The Labute approximate surface area is 105 Å². The van der Waals surface area contributed by atoms with Gasteiger partial charge in [0, 0.05) is 11.0 Å². The largest absolute Gasteiger partial charge is 0.462 e. The molecule has 0 bridgehead atoms. The van der Waals surface area contributed by atoms with E-state index in [9.17, 15) is 13.6 Å². The molecule has 0 aliphatic heterocycles. The minimum absolute atomic E-state index is 0.0153. The van der Waals surface area contributed by atoms with Gasteiger partial charge >= 0.3 is 5.97 Å². The van der Waals surface area contributed by atoms with E-state index in [4.69, 9.17) is 10.5 Å². The fourth-order valence-corrected chi connectivity index (χ4v) is 1.88. The Hall–Kier alpha value is -1.08. The number of nitrogens with two attached hydrogens (primary N) is 1. The minimum Gasteiger partial charge on any atom is -0.462 e. The van der Waals surface area contributed by atoms with Crippen LogP contribution in [0.25, 0.3) is 0 Å². The summed E-state index contributed by atoms with van der Waals surface area (Å²) in [5.74, 6) is -0.828. The fraction of sp³-hybridized carbons (Fsp3) is 0.400. The molecule has 0 atom stereocenters. The predicted molar refractivity (Wildman–Crippen MR) is 60.7 cm³/mol. The molecule has 0 saturated carbocycles. The molecule has 0 unspecified atom stereocenters. The molecule has 94 valence electrons. The average molecular weight is 309 g/mol. The monoisotopic (exact) mass is 308 g/mol. The number of ether oxygens (including phenoxy) is 1. The van der Waals surface area contributed by atoms with Gasteiger partial charge in [0.05, 0.1) is 12.3 Å². The molecule has 0 saturated heterocycles. The third-order valence-electron chi connectivity index (χ3n) is 1.95. The highest BCUT2D eigenvalue weighted by molar-refractivity contribution is 9.10. The first-order valence-electron chi connectivity index (χ1n) is 4.85. The molecule has 1 rings (SSSR count). The second-order valence-corrected chi connectivity index (χ2v) is 3.94. The van der Waals surface area contributed by atoms with E-state index in [1.807, 2.05) is 0 Å². The Bertz CT molecular complexity index is 427. The SMILES string of the molecule is CCOC(=O)c1c(Br)cc(CN)nc1C(F)F. The van der Waals surface area contributed by atoms with Crippen LogP contribution in [0.3, 0.4) is 0 Å². The first-order chi connectivity index (χ1) is 8.01. The zero-order chi connectivity index (χ0) is 13.0. The van der Waals surface area contributed by atoms with Gasteiger partial charge in [0.2, 0.25) is 0 Å². The number of rotatable bonds is 4. The summed E-state index contributed by atoms with van der Waals surface area (Å²) >= 11 is 3.05. The van der Waals surface area contributed by atoms with Crippen LogP contribution in [0, 0.1) is 0 Å². The molecule has 2 N–H and O–H groups in total. The van der Waals surface area contributed by atoms with Gasteiger partial charge in [0.1, 0.15) is 11.3 Å². The van der Waals surface area contributed by atoms with Gasteiger partial charge in [0.15, 0.2) is 0 Å². The summed E-state index contributed by atoms with van der Waals surface area (Å²) in [4.78, 5) is 15.2. The Morgan fingerprint density at radius 3 is 2.76 bits per heavy atom. The molecule has 0 radical (unpaired) electrons. The summed E-state index contributed by atoms with van der Waals surface area (Å²) < 4.78 is 30.5. The van der Waals surface area contributed by atoms with Gasteiger partial charge in [-0.1, -0.05) is 0 Å². The maximum Gasteiger partial charge on any atom is 0.341 e. The first-order valence-corrected chi connectivity index (χ1v) is 5.65. The molecule has 0 aromatic carbocycles. The molecule has 1 aromatic rings. The zero-order valence-electron chi connectivity index (χ0n) is 9.04. The van der Waals surface area contributed by atoms with Crippen molar-refractivity contribution in [3.63, 3.8) is 0 Å². The number of alkyl halides is 2. The van der Waals surface area contributed by atoms with E-state index in [1.165, 1.54) is 6.07 Å². The van der Waals surface area contributed by atoms with Gasteiger partial charge < -0.3 is 10.5 Å². The minimum atomic E-state index is -2.86. The molecule has 0 amide bonds. The maximum atomic E-state index is 12.8. The van der Waals surface area contributed by atoms with Crippen LogP contribution in [0.5, 0.6) is 0 Å². The van der Waals surface area contributed by atoms with Gasteiger partial charge in [-0.3, -0.25) is 0 Å². The van der Waals surface area contributed by atoms with Gasteiger partial charge in [-0.15, -0.1) is 0 Å². The van der Waals surface area contributed by atoms with Gasteiger partial charge in [-0.25, -0.2) is 18.6 Å². The number of aromatic nitrogens is 1. The van der Waals surface area contributed by atoms with Crippen LogP contribution in [0.1, 0.15) is 35.1 Å². The molecule has 7 heteroatoms. The third kappa shape index (κ3) is 3.19. The van der Waals surface area contributed by atoms with Crippen molar-refractivity contribution in [2.45, 2.75) is 19.9 Å². The Morgan fingerprint density at radius 1 is 1.65 bits per heavy atom. The average Bonchev–Trinajstić information content (AvgIpc) is 2.27. The van der Waals surface area contributed by atoms with Crippen LogP contribution >= 0.6 is 15.9 Å². The smallest absolute Gasteiger partial charge is 0.341 e. The number of halogens is 3. The van der Waals surface area contributed by atoms with Crippen LogP contribution in [0.2, 0.25) is 0 Å². The lowest BCUT2D eigenvalue weighted by Gasteiger charge is -2.11. The molecule has 17 heavy (non-hydrogen) atoms. The topological polar surface area (TPSA) is 65.2 Å². The van der Waals surface area contributed by atoms with Crippen molar-refractivity contribution in [2.24, 2.45) is 5.73 Å². The van der Waals surface area contributed by atoms with Gasteiger partial charge in [-0.05, 0) is 28.9 Å². The number of carbonyl (C=O) groups excluding carboxylic acids is 1. The normalized spacial score (nSPS) is 10.7. The first kappa shape index (κ1) is 14.0. The molecular formula is C10H11BrF2N2O2.